The van der Waals surface area contributed by atoms with Crippen molar-refractivity contribution >= 4 is 5.69 Å². The van der Waals surface area contributed by atoms with Crippen LogP contribution < -0.4 is 11.2 Å². The van der Waals surface area contributed by atoms with Gasteiger partial charge in [0.25, 0.3) is 0 Å². The predicted octanol–water partition coefficient (Wildman–Crippen LogP) is -0.289. The van der Waals surface area contributed by atoms with E-state index in [1.165, 1.54) is 0 Å². The lowest BCUT2D eigenvalue weighted by atomic mass is 10.3. The third-order valence-electron chi connectivity index (χ3n) is 2.55. The Morgan fingerprint density at radius 2 is 2.06 bits per heavy atom. The van der Waals surface area contributed by atoms with Gasteiger partial charge in [-0.05, 0) is 19.8 Å². The van der Waals surface area contributed by atoms with Gasteiger partial charge in [-0.1, -0.05) is 0 Å². The first kappa shape index (κ1) is 14.1. The zero-order valence-corrected chi connectivity index (χ0v) is 10.0. The largest absolute Gasteiger partial charge is 0.396 e. The lowest BCUT2D eigenvalue weighted by Crippen LogP contribution is -2.40. The molecule has 0 aliphatic carbocycles. The second-order valence-corrected chi connectivity index (χ2v) is 3.73. The molecule has 0 spiro atoms. The van der Waals surface area contributed by atoms with Gasteiger partial charge in [0.05, 0.1) is 11.1 Å². The maximum atomic E-state index is 11.8. The number of aryl methyl sites for hydroxylation is 1. The van der Waals surface area contributed by atoms with Crippen molar-refractivity contribution in [1.29, 1.82) is 0 Å². The van der Waals surface area contributed by atoms with Gasteiger partial charge < -0.3 is 5.11 Å². The van der Waals surface area contributed by atoms with Crippen molar-refractivity contribution in [3.05, 3.63) is 37.1 Å². The minimum Gasteiger partial charge on any atom is -0.396 e. The molecule has 0 aliphatic heterocycles. The summed E-state index contributed by atoms with van der Waals surface area (Å²) in [5, 5.41) is 19.4. The number of rotatable bonds is 6. The first-order valence-electron chi connectivity index (χ1n) is 5.62. The Hall–Kier alpha value is -1.96. The van der Waals surface area contributed by atoms with Gasteiger partial charge >= 0.3 is 16.9 Å². The van der Waals surface area contributed by atoms with Crippen LogP contribution in [0.4, 0.5) is 5.69 Å². The van der Waals surface area contributed by atoms with Gasteiger partial charge in [-0.15, -0.1) is 0 Å². The fourth-order valence-corrected chi connectivity index (χ4v) is 1.57. The van der Waals surface area contributed by atoms with Gasteiger partial charge in [0.15, 0.2) is 0 Å². The molecule has 8 nitrogen and oxygen atoms in total. The van der Waals surface area contributed by atoms with E-state index in [4.69, 9.17) is 5.11 Å². The molecule has 1 rings (SSSR count). The molecule has 0 saturated heterocycles. The number of nitro groups is 1. The van der Waals surface area contributed by atoms with Crippen LogP contribution in [0.25, 0.3) is 0 Å². The molecule has 0 fully saturated rings. The fraction of sp³-hybridized carbons (Fsp3) is 0.600. The Morgan fingerprint density at radius 1 is 1.39 bits per heavy atom. The molecule has 0 bridgehead atoms. The summed E-state index contributed by atoms with van der Waals surface area (Å²) in [7, 11) is 0. The third kappa shape index (κ3) is 2.83. The molecule has 0 aliphatic rings. The first-order chi connectivity index (χ1) is 8.52. The highest BCUT2D eigenvalue weighted by molar-refractivity contribution is 5.21. The molecule has 0 saturated carbocycles. The van der Waals surface area contributed by atoms with E-state index in [-0.39, 0.29) is 19.7 Å². The van der Waals surface area contributed by atoms with Gasteiger partial charge in [-0.25, -0.2) is 4.79 Å². The molecule has 0 atom stereocenters. The van der Waals surface area contributed by atoms with Crippen molar-refractivity contribution in [2.75, 3.05) is 6.61 Å². The fourth-order valence-electron chi connectivity index (χ4n) is 1.57. The highest BCUT2D eigenvalue weighted by Crippen LogP contribution is 2.01. The molecular formula is C10H15N3O5. The van der Waals surface area contributed by atoms with Crippen molar-refractivity contribution in [2.24, 2.45) is 0 Å². The average molecular weight is 257 g/mol. The molecule has 1 aromatic rings. The number of aliphatic hydroxyl groups is 1. The number of hydrogen-bond donors (Lipinski definition) is 1. The lowest BCUT2D eigenvalue weighted by Gasteiger charge is -2.07. The predicted molar refractivity (Wildman–Crippen MR) is 63.6 cm³/mol. The summed E-state index contributed by atoms with van der Waals surface area (Å²) in [6.07, 6.45) is 1.81. The minimum absolute atomic E-state index is 0.0500. The van der Waals surface area contributed by atoms with Crippen LogP contribution in [0.2, 0.25) is 0 Å². The Bertz CT molecular complexity index is 545. The third-order valence-corrected chi connectivity index (χ3v) is 2.55. The maximum absolute atomic E-state index is 11.8. The molecular weight excluding hydrogens is 242 g/mol. The van der Waals surface area contributed by atoms with Gasteiger partial charge in [0.2, 0.25) is 0 Å². The van der Waals surface area contributed by atoms with Gasteiger partial charge in [-0.3, -0.25) is 24.0 Å². The zero-order chi connectivity index (χ0) is 13.7. The van der Waals surface area contributed by atoms with E-state index >= 15 is 0 Å². The number of hydrogen-bond acceptors (Lipinski definition) is 5. The monoisotopic (exact) mass is 257 g/mol. The molecule has 0 aromatic carbocycles. The summed E-state index contributed by atoms with van der Waals surface area (Å²) in [4.78, 5) is 33.5. The van der Waals surface area contributed by atoms with Crippen molar-refractivity contribution in [3.8, 4) is 0 Å². The van der Waals surface area contributed by atoms with E-state index in [0.29, 0.717) is 12.8 Å². The number of aromatic nitrogens is 2. The van der Waals surface area contributed by atoms with Crippen LogP contribution in [0.1, 0.15) is 19.8 Å². The second kappa shape index (κ2) is 6.10. The van der Waals surface area contributed by atoms with Crippen molar-refractivity contribution < 1.29 is 10.0 Å². The molecule has 100 valence electrons. The van der Waals surface area contributed by atoms with Crippen LogP contribution in [0.15, 0.2) is 15.8 Å². The van der Waals surface area contributed by atoms with Crippen LogP contribution in [0.5, 0.6) is 0 Å². The van der Waals surface area contributed by atoms with Crippen LogP contribution >= 0.6 is 0 Å². The molecule has 0 unspecified atom stereocenters. The Kier molecular flexibility index (Phi) is 4.78. The highest BCUT2D eigenvalue weighted by Gasteiger charge is 2.18. The summed E-state index contributed by atoms with van der Waals surface area (Å²) < 4.78 is 1.97. The summed E-state index contributed by atoms with van der Waals surface area (Å²) in [5.74, 6) is 0. The second-order valence-electron chi connectivity index (χ2n) is 3.73. The standard InChI is InChI=1S/C10H15N3O5/c1-2-11-7-8(13(17)18)9(15)12(10(11)16)5-3-4-6-14/h7,14H,2-6H2,1H3. The van der Waals surface area contributed by atoms with Gasteiger partial charge in [0, 0.05) is 19.7 Å². The molecule has 1 N–H and O–H groups in total. The first-order valence-corrected chi connectivity index (χ1v) is 5.62. The van der Waals surface area contributed by atoms with Crippen LogP contribution in [0.3, 0.4) is 0 Å². The number of nitrogens with zero attached hydrogens (tertiary/aromatic N) is 3. The quantitative estimate of drug-likeness (QED) is 0.428. The normalized spacial score (nSPS) is 10.6. The van der Waals surface area contributed by atoms with Crippen LogP contribution in [-0.4, -0.2) is 25.8 Å². The summed E-state index contributed by atoms with van der Waals surface area (Å²) in [6, 6.07) is 0. The van der Waals surface area contributed by atoms with Crippen molar-refractivity contribution in [3.63, 3.8) is 0 Å². The van der Waals surface area contributed by atoms with E-state index in [1.54, 1.807) is 6.92 Å². The van der Waals surface area contributed by atoms with E-state index in [2.05, 4.69) is 0 Å². The van der Waals surface area contributed by atoms with Crippen molar-refractivity contribution in [1.82, 2.24) is 9.13 Å². The van der Waals surface area contributed by atoms with Gasteiger partial charge in [-0.2, -0.15) is 0 Å². The maximum Gasteiger partial charge on any atom is 0.350 e. The SMILES string of the molecule is CCn1cc([N+](=O)[O-])c(=O)n(CCCCO)c1=O. The molecule has 18 heavy (non-hydrogen) atoms. The van der Waals surface area contributed by atoms with E-state index in [9.17, 15) is 19.7 Å². The lowest BCUT2D eigenvalue weighted by molar-refractivity contribution is -0.387. The van der Waals surface area contributed by atoms with Gasteiger partial charge in [0.1, 0.15) is 0 Å². The summed E-state index contributed by atoms with van der Waals surface area (Å²) >= 11 is 0. The van der Waals surface area contributed by atoms with Crippen LogP contribution in [0, 0.1) is 10.1 Å². The molecule has 0 amide bonds. The average Bonchev–Trinajstić information content (AvgIpc) is 2.33. The molecule has 8 heteroatoms. The van der Waals surface area contributed by atoms with E-state index in [1.807, 2.05) is 0 Å². The Labute approximate surface area is 102 Å². The molecule has 1 aromatic heterocycles. The van der Waals surface area contributed by atoms with Crippen molar-refractivity contribution in [2.45, 2.75) is 32.9 Å². The topological polar surface area (TPSA) is 107 Å². The van der Waals surface area contributed by atoms with Crippen LogP contribution in [-0.2, 0) is 13.1 Å². The summed E-state index contributed by atoms with van der Waals surface area (Å²) in [6.45, 7) is 1.93. The summed E-state index contributed by atoms with van der Waals surface area (Å²) in [5.41, 5.74) is -2.07. The number of unbranched alkanes of at least 4 members (excludes halogenated alkanes) is 1. The van der Waals surface area contributed by atoms with E-state index < -0.39 is 21.9 Å². The highest BCUT2D eigenvalue weighted by atomic mass is 16.6. The number of aliphatic hydroxyl groups excluding tert-OH is 1. The molecule has 1 heterocycles. The Balaban J connectivity index is 3.29. The zero-order valence-electron chi connectivity index (χ0n) is 10.0. The molecule has 0 radical (unpaired) electrons. The smallest absolute Gasteiger partial charge is 0.350 e. The Morgan fingerprint density at radius 3 is 2.56 bits per heavy atom. The minimum atomic E-state index is -0.896. The van der Waals surface area contributed by atoms with E-state index in [0.717, 1.165) is 15.3 Å².